The Balaban J connectivity index is 2.07. The van der Waals surface area contributed by atoms with Crippen LogP contribution in [0.5, 0.6) is 11.5 Å². The molecule has 2 N–H and O–H groups in total. The van der Waals surface area contributed by atoms with Crippen LogP contribution >= 0.6 is 11.6 Å². The predicted octanol–water partition coefficient (Wildman–Crippen LogP) is 3.73. The number of rotatable bonds is 4. The number of hydrogen-bond acceptors (Lipinski definition) is 4. The summed E-state index contributed by atoms with van der Waals surface area (Å²) in [4.78, 5) is 24.5. The first-order valence-corrected chi connectivity index (χ1v) is 8.68. The number of benzene rings is 2. The Hall–Kier alpha value is -2.73. The monoisotopic (exact) mass is 390 g/mol. The smallest absolute Gasteiger partial charge is 0.269 e. The SMILES string of the molecule is COc1cc(C(=O)NNC(=O)c2ccc(C(C)(C)C)cc2)cc(Cl)c1OC. The zero-order valence-electron chi connectivity index (χ0n) is 16.0. The van der Waals surface area contributed by atoms with Crippen LogP contribution in [0.2, 0.25) is 5.02 Å². The van der Waals surface area contributed by atoms with Crippen molar-refractivity contribution >= 4 is 23.4 Å². The summed E-state index contributed by atoms with van der Waals surface area (Å²) in [5, 5.41) is 0.228. The van der Waals surface area contributed by atoms with E-state index in [2.05, 4.69) is 31.6 Å². The molecule has 0 aliphatic carbocycles. The molecular weight excluding hydrogens is 368 g/mol. The van der Waals surface area contributed by atoms with Gasteiger partial charge in [-0.1, -0.05) is 44.5 Å². The number of ether oxygens (including phenoxy) is 2. The predicted molar refractivity (Wildman–Crippen MR) is 105 cm³/mol. The third-order valence-corrected chi connectivity index (χ3v) is 4.28. The van der Waals surface area contributed by atoms with E-state index in [4.69, 9.17) is 21.1 Å². The maximum absolute atomic E-state index is 12.3. The maximum atomic E-state index is 12.3. The second kappa shape index (κ2) is 8.31. The minimum absolute atomic E-state index is 0.00406. The fraction of sp³-hybridized carbons (Fsp3) is 0.300. The van der Waals surface area contributed by atoms with E-state index in [9.17, 15) is 9.59 Å². The normalized spacial score (nSPS) is 10.9. The van der Waals surface area contributed by atoms with Crippen molar-refractivity contribution in [3.05, 3.63) is 58.1 Å². The number of carbonyl (C=O) groups excluding carboxylic acids is 2. The van der Waals surface area contributed by atoms with Gasteiger partial charge in [0.2, 0.25) is 0 Å². The Morgan fingerprint density at radius 1 is 0.889 bits per heavy atom. The van der Waals surface area contributed by atoms with Gasteiger partial charge in [0.15, 0.2) is 11.5 Å². The molecule has 0 saturated heterocycles. The van der Waals surface area contributed by atoms with Crippen molar-refractivity contribution in [1.29, 1.82) is 0 Å². The van der Waals surface area contributed by atoms with Gasteiger partial charge >= 0.3 is 0 Å². The summed E-state index contributed by atoms with van der Waals surface area (Å²) < 4.78 is 10.3. The summed E-state index contributed by atoms with van der Waals surface area (Å²) in [5.74, 6) is -0.300. The van der Waals surface area contributed by atoms with Crippen LogP contribution in [0.3, 0.4) is 0 Å². The van der Waals surface area contributed by atoms with E-state index < -0.39 is 11.8 Å². The fourth-order valence-corrected chi connectivity index (χ4v) is 2.72. The minimum atomic E-state index is -0.530. The van der Waals surface area contributed by atoms with Gasteiger partial charge in [-0.25, -0.2) is 0 Å². The summed E-state index contributed by atoms with van der Waals surface area (Å²) in [5.41, 5.74) is 6.52. The van der Waals surface area contributed by atoms with Crippen LogP contribution in [0.4, 0.5) is 0 Å². The molecule has 0 saturated carbocycles. The van der Waals surface area contributed by atoms with Crippen LogP contribution in [0.25, 0.3) is 0 Å². The molecule has 0 spiro atoms. The Labute approximate surface area is 163 Å². The lowest BCUT2D eigenvalue weighted by molar-refractivity contribution is 0.0846. The number of hydrazine groups is 1. The first-order valence-electron chi connectivity index (χ1n) is 8.30. The number of hydrogen-bond donors (Lipinski definition) is 2. The van der Waals surface area contributed by atoms with Crippen molar-refractivity contribution in [2.45, 2.75) is 26.2 Å². The molecule has 0 atom stereocenters. The Morgan fingerprint density at radius 3 is 1.93 bits per heavy atom. The molecule has 7 heteroatoms. The van der Waals surface area contributed by atoms with E-state index in [1.807, 2.05) is 12.1 Å². The summed E-state index contributed by atoms with van der Waals surface area (Å²) in [6.45, 7) is 6.28. The Kier molecular flexibility index (Phi) is 6.33. The highest BCUT2D eigenvalue weighted by Gasteiger charge is 2.17. The van der Waals surface area contributed by atoms with Gasteiger partial charge in [0.05, 0.1) is 19.2 Å². The molecule has 144 valence electrons. The summed E-state index contributed by atoms with van der Waals surface area (Å²) >= 11 is 6.10. The van der Waals surface area contributed by atoms with Crippen molar-refractivity contribution < 1.29 is 19.1 Å². The average molecular weight is 391 g/mol. The molecular formula is C20H23ClN2O4. The number of halogens is 1. The number of nitrogens with one attached hydrogen (secondary N) is 2. The van der Waals surface area contributed by atoms with Crippen molar-refractivity contribution in [2.24, 2.45) is 0 Å². The third kappa shape index (κ3) is 4.92. The van der Waals surface area contributed by atoms with E-state index >= 15 is 0 Å². The lowest BCUT2D eigenvalue weighted by Gasteiger charge is -2.19. The van der Waals surface area contributed by atoms with Gasteiger partial charge in [0.25, 0.3) is 11.8 Å². The molecule has 2 aromatic carbocycles. The quantitative estimate of drug-likeness (QED) is 0.780. The summed E-state index contributed by atoms with van der Waals surface area (Å²) in [6, 6.07) is 10.1. The molecule has 0 heterocycles. The number of carbonyl (C=O) groups is 2. The highest BCUT2D eigenvalue weighted by atomic mass is 35.5. The highest BCUT2D eigenvalue weighted by molar-refractivity contribution is 6.32. The molecule has 0 aliphatic rings. The standard InChI is InChI=1S/C20H23ClN2O4/c1-20(2,3)14-8-6-12(7-9-14)18(24)22-23-19(25)13-10-15(21)17(27-5)16(11-13)26-4/h6-11H,1-5H3,(H,22,24)(H,23,25). The second-order valence-electron chi connectivity index (χ2n) is 6.93. The fourth-order valence-electron chi connectivity index (χ4n) is 2.43. The minimum Gasteiger partial charge on any atom is -0.493 e. The first-order chi connectivity index (χ1) is 12.7. The molecule has 0 aromatic heterocycles. The lowest BCUT2D eigenvalue weighted by Crippen LogP contribution is -2.41. The molecule has 27 heavy (non-hydrogen) atoms. The second-order valence-corrected chi connectivity index (χ2v) is 7.34. The van der Waals surface area contributed by atoms with Crippen LogP contribution in [0.1, 0.15) is 47.1 Å². The van der Waals surface area contributed by atoms with Gasteiger partial charge in [0, 0.05) is 11.1 Å². The number of amides is 2. The van der Waals surface area contributed by atoms with E-state index in [1.165, 1.54) is 26.4 Å². The zero-order valence-corrected chi connectivity index (χ0v) is 16.7. The van der Waals surface area contributed by atoms with Crippen molar-refractivity contribution in [2.75, 3.05) is 14.2 Å². The number of methoxy groups -OCH3 is 2. The van der Waals surface area contributed by atoms with Gasteiger partial charge in [-0.3, -0.25) is 20.4 Å². The van der Waals surface area contributed by atoms with E-state index in [1.54, 1.807) is 12.1 Å². The molecule has 2 aromatic rings. The van der Waals surface area contributed by atoms with Crippen LogP contribution in [0, 0.1) is 0 Å². The van der Waals surface area contributed by atoms with Crippen LogP contribution < -0.4 is 20.3 Å². The van der Waals surface area contributed by atoms with Crippen LogP contribution in [0.15, 0.2) is 36.4 Å². The van der Waals surface area contributed by atoms with Gasteiger partial charge in [-0.2, -0.15) is 0 Å². The van der Waals surface area contributed by atoms with Gasteiger partial charge in [-0.05, 0) is 35.2 Å². The molecule has 0 aliphatic heterocycles. The van der Waals surface area contributed by atoms with Crippen molar-refractivity contribution in [3.63, 3.8) is 0 Å². The van der Waals surface area contributed by atoms with Crippen molar-refractivity contribution in [3.8, 4) is 11.5 Å². The average Bonchev–Trinajstić information content (AvgIpc) is 2.64. The maximum Gasteiger partial charge on any atom is 0.269 e. The van der Waals surface area contributed by atoms with Gasteiger partial charge < -0.3 is 9.47 Å². The largest absolute Gasteiger partial charge is 0.493 e. The first kappa shape index (κ1) is 20.6. The molecule has 0 fully saturated rings. The summed E-state index contributed by atoms with van der Waals surface area (Å²) in [6.07, 6.45) is 0. The van der Waals surface area contributed by atoms with Gasteiger partial charge in [-0.15, -0.1) is 0 Å². The summed E-state index contributed by atoms with van der Waals surface area (Å²) in [7, 11) is 2.90. The topological polar surface area (TPSA) is 76.7 Å². The molecule has 0 unspecified atom stereocenters. The Morgan fingerprint density at radius 2 is 1.44 bits per heavy atom. The van der Waals surface area contributed by atoms with E-state index in [0.717, 1.165) is 5.56 Å². The van der Waals surface area contributed by atoms with Gasteiger partial charge in [0.1, 0.15) is 0 Å². The van der Waals surface area contributed by atoms with Crippen LogP contribution in [-0.2, 0) is 5.41 Å². The molecule has 0 radical (unpaired) electrons. The van der Waals surface area contributed by atoms with E-state index in [0.29, 0.717) is 17.1 Å². The zero-order chi connectivity index (χ0) is 20.2. The molecule has 2 amide bonds. The third-order valence-electron chi connectivity index (χ3n) is 4.00. The molecule has 6 nitrogen and oxygen atoms in total. The van der Waals surface area contributed by atoms with Crippen molar-refractivity contribution in [1.82, 2.24) is 10.9 Å². The van der Waals surface area contributed by atoms with Crippen LogP contribution in [-0.4, -0.2) is 26.0 Å². The lowest BCUT2D eigenvalue weighted by atomic mass is 9.87. The Bertz CT molecular complexity index is 842. The molecule has 0 bridgehead atoms. The highest BCUT2D eigenvalue weighted by Crippen LogP contribution is 2.35. The molecule has 2 rings (SSSR count). The van der Waals surface area contributed by atoms with E-state index in [-0.39, 0.29) is 16.0 Å².